The minimum absolute atomic E-state index is 0.154. The standard InChI is InChI=1S/2C23H24ClN5O2S/c1-3-30-16-9-10-18(31-4-2)19(13-16)32-23-27-20-21(25)26-14-29(22(20)28-23)12-11-15-7-5-6-8-17(15)24;1-3-30-16-9-10-18(31-4-2)19(13-16)32-23-28-20-21(25)26-14-27-22(20)29(23)12-11-15-7-5-6-8-17(15)24/h5-10,13-14,25H,3-4,11-12H2,1-2H3,(H,27,28);5-10,13-14H,3-4,11-12H2,1-2H3,(H2,25,26,27). The first-order valence-corrected chi connectivity index (χ1v) is 23.2. The van der Waals surface area contributed by atoms with Gasteiger partial charge in [0, 0.05) is 23.1 Å². The zero-order valence-corrected chi connectivity index (χ0v) is 39.0. The van der Waals surface area contributed by atoms with Gasteiger partial charge < -0.3 is 38.8 Å². The van der Waals surface area contributed by atoms with E-state index in [0.29, 0.717) is 72.8 Å². The van der Waals surface area contributed by atoms with Gasteiger partial charge in [-0.25, -0.2) is 24.9 Å². The maximum Gasteiger partial charge on any atom is 0.175 e. The van der Waals surface area contributed by atoms with Gasteiger partial charge in [-0.15, -0.1) is 0 Å². The number of imidazole rings is 2. The quantitative estimate of drug-likeness (QED) is 0.0743. The largest absolute Gasteiger partial charge is 0.494 e. The number of halogens is 2. The summed E-state index contributed by atoms with van der Waals surface area (Å²) in [6.45, 7) is 11.4. The summed E-state index contributed by atoms with van der Waals surface area (Å²) in [5.74, 6) is 3.42. The molecule has 0 saturated heterocycles. The van der Waals surface area contributed by atoms with Gasteiger partial charge in [0.05, 0.1) is 42.5 Å². The molecule has 4 N–H and O–H groups in total. The van der Waals surface area contributed by atoms with Crippen LogP contribution in [0.2, 0.25) is 10.0 Å². The number of aryl methyl sites for hydroxylation is 4. The third-order valence-corrected chi connectivity index (χ3v) is 12.3. The molecule has 0 fully saturated rings. The van der Waals surface area contributed by atoms with Crippen LogP contribution in [0.5, 0.6) is 23.0 Å². The molecule has 0 saturated carbocycles. The van der Waals surface area contributed by atoms with E-state index in [2.05, 4.69) is 19.9 Å². The number of nitrogens with two attached hydrogens (primary N) is 1. The molecule has 0 radical (unpaired) electrons. The Morgan fingerprint density at radius 2 is 1.25 bits per heavy atom. The number of ether oxygens (including phenoxy) is 4. The highest BCUT2D eigenvalue weighted by Crippen LogP contribution is 2.40. The predicted molar refractivity (Wildman–Crippen MR) is 254 cm³/mol. The molecular formula is C46H48Cl2N10O4S2. The molecule has 0 spiro atoms. The topological polar surface area (TPSA) is 177 Å². The van der Waals surface area contributed by atoms with Crippen molar-refractivity contribution in [3.05, 3.63) is 124 Å². The molecule has 0 atom stereocenters. The molecular weight excluding hydrogens is 892 g/mol. The SMILES string of the molecule is CCOc1ccc(OCC)c(Sc2nc3c(N)ncnc3n2CCc2ccccc2Cl)c1.CCOc1ccc(OCC)c(Sc2nc3c([nH]2)c(=N)ncn3CCc2ccccc2Cl)c1. The summed E-state index contributed by atoms with van der Waals surface area (Å²) in [5, 5.41) is 11.1. The van der Waals surface area contributed by atoms with Gasteiger partial charge in [-0.3, -0.25) is 5.41 Å². The molecule has 18 heteroatoms. The van der Waals surface area contributed by atoms with Crippen LogP contribution in [0.4, 0.5) is 5.82 Å². The van der Waals surface area contributed by atoms with Crippen molar-refractivity contribution < 1.29 is 18.9 Å². The third kappa shape index (κ3) is 11.2. The number of benzene rings is 4. The van der Waals surface area contributed by atoms with Gasteiger partial charge in [-0.1, -0.05) is 59.6 Å². The van der Waals surface area contributed by atoms with Gasteiger partial charge in [0.2, 0.25) is 0 Å². The number of nitrogen functional groups attached to an aromatic ring is 1. The second-order valence-electron chi connectivity index (χ2n) is 13.8. The van der Waals surface area contributed by atoms with E-state index in [1.54, 1.807) is 6.33 Å². The minimum atomic E-state index is 0.154. The Bertz CT molecular complexity index is 2910. The maximum absolute atomic E-state index is 8.21. The number of aromatic nitrogens is 8. The fourth-order valence-corrected chi connectivity index (χ4v) is 9.05. The smallest absolute Gasteiger partial charge is 0.175 e. The number of aromatic amines is 1. The van der Waals surface area contributed by atoms with E-state index in [0.717, 1.165) is 72.0 Å². The Kier molecular flexibility index (Phi) is 15.9. The molecule has 8 aromatic rings. The molecule has 14 nitrogen and oxygen atoms in total. The van der Waals surface area contributed by atoms with Crippen molar-refractivity contribution >= 4 is 74.9 Å². The first kappa shape index (κ1) is 46.1. The van der Waals surface area contributed by atoms with Crippen LogP contribution in [-0.2, 0) is 25.9 Å². The minimum Gasteiger partial charge on any atom is -0.494 e. The number of hydrogen-bond acceptors (Lipinski definition) is 13. The van der Waals surface area contributed by atoms with Gasteiger partial charge in [0.1, 0.15) is 34.8 Å². The zero-order chi connectivity index (χ0) is 45.0. The van der Waals surface area contributed by atoms with E-state index < -0.39 is 0 Å². The van der Waals surface area contributed by atoms with Crippen molar-refractivity contribution in [3.8, 4) is 23.0 Å². The summed E-state index contributed by atoms with van der Waals surface area (Å²) >= 11 is 15.6. The number of hydrogen-bond donors (Lipinski definition) is 3. The lowest BCUT2D eigenvalue weighted by atomic mass is 10.1. The van der Waals surface area contributed by atoms with E-state index >= 15 is 0 Å². The van der Waals surface area contributed by atoms with Crippen LogP contribution in [-0.4, -0.2) is 65.5 Å². The van der Waals surface area contributed by atoms with E-state index in [-0.39, 0.29) is 5.49 Å². The monoisotopic (exact) mass is 938 g/mol. The Morgan fingerprint density at radius 3 is 1.84 bits per heavy atom. The molecule has 0 aliphatic carbocycles. The van der Waals surface area contributed by atoms with Crippen LogP contribution in [0.1, 0.15) is 38.8 Å². The highest BCUT2D eigenvalue weighted by atomic mass is 35.5. The third-order valence-electron chi connectivity index (χ3n) is 9.63. The summed E-state index contributed by atoms with van der Waals surface area (Å²) in [4.78, 5) is 27.3. The molecule has 0 bridgehead atoms. The van der Waals surface area contributed by atoms with E-state index in [9.17, 15) is 0 Å². The lowest BCUT2D eigenvalue weighted by Crippen LogP contribution is -2.13. The lowest BCUT2D eigenvalue weighted by molar-refractivity contribution is 0.323. The van der Waals surface area contributed by atoms with Crippen molar-refractivity contribution in [2.45, 2.75) is 73.7 Å². The van der Waals surface area contributed by atoms with E-state index in [4.69, 9.17) is 63.3 Å². The van der Waals surface area contributed by atoms with Gasteiger partial charge in [0.25, 0.3) is 0 Å². The Morgan fingerprint density at radius 1 is 0.672 bits per heavy atom. The summed E-state index contributed by atoms with van der Waals surface area (Å²) in [7, 11) is 0. The van der Waals surface area contributed by atoms with Gasteiger partial charge in [-0.2, -0.15) is 0 Å². The van der Waals surface area contributed by atoms with Gasteiger partial charge in [0.15, 0.2) is 38.4 Å². The fraction of sp³-hybridized carbons (Fsp3) is 0.261. The highest BCUT2D eigenvalue weighted by molar-refractivity contribution is 7.99. The molecule has 4 aromatic heterocycles. The Labute approximate surface area is 389 Å². The first-order valence-electron chi connectivity index (χ1n) is 20.8. The Hall–Kier alpha value is -5.94. The average molecular weight is 940 g/mol. The summed E-state index contributed by atoms with van der Waals surface area (Å²) in [6.07, 6.45) is 4.57. The lowest BCUT2D eigenvalue weighted by Gasteiger charge is -2.13. The van der Waals surface area contributed by atoms with Crippen molar-refractivity contribution in [2.75, 3.05) is 32.2 Å². The second kappa shape index (κ2) is 22.1. The molecule has 4 heterocycles. The van der Waals surface area contributed by atoms with Gasteiger partial charge >= 0.3 is 0 Å². The van der Waals surface area contributed by atoms with Crippen LogP contribution in [0.25, 0.3) is 22.3 Å². The van der Waals surface area contributed by atoms with Gasteiger partial charge in [-0.05, 0) is 124 Å². The fourth-order valence-electron chi connectivity index (χ4n) is 6.66. The summed E-state index contributed by atoms with van der Waals surface area (Å²) in [5.41, 5.74) is 10.9. The number of nitrogens with zero attached hydrogens (tertiary/aromatic N) is 7. The number of rotatable bonds is 18. The number of anilines is 1. The van der Waals surface area contributed by atoms with Crippen LogP contribution in [0.15, 0.2) is 118 Å². The number of nitrogens with one attached hydrogen (secondary N) is 2. The molecule has 8 rings (SSSR count). The number of fused-ring (bicyclic) bond motifs is 2. The zero-order valence-electron chi connectivity index (χ0n) is 35.8. The van der Waals surface area contributed by atoms with Crippen LogP contribution in [0, 0.1) is 5.41 Å². The first-order chi connectivity index (χ1) is 31.2. The Balaban J connectivity index is 0.000000191. The molecule has 4 aromatic carbocycles. The van der Waals surface area contributed by atoms with Crippen LogP contribution < -0.4 is 30.2 Å². The molecule has 0 aliphatic heterocycles. The van der Waals surface area contributed by atoms with Crippen LogP contribution in [0.3, 0.4) is 0 Å². The normalized spacial score (nSPS) is 11.1. The summed E-state index contributed by atoms with van der Waals surface area (Å²) in [6, 6.07) is 27.1. The molecule has 0 unspecified atom stereocenters. The van der Waals surface area contributed by atoms with E-state index in [1.807, 2.05) is 122 Å². The van der Waals surface area contributed by atoms with Crippen molar-refractivity contribution in [1.29, 1.82) is 5.41 Å². The maximum atomic E-state index is 8.21. The summed E-state index contributed by atoms with van der Waals surface area (Å²) < 4.78 is 26.9. The second-order valence-corrected chi connectivity index (χ2v) is 16.7. The van der Waals surface area contributed by atoms with Crippen molar-refractivity contribution in [2.24, 2.45) is 0 Å². The number of H-pyrrole nitrogens is 1. The average Bonchev–Trinajstić information content (AvgIpc) is 3.88. The molecule has 332 valence electrons. The molecule has 0 aliphatic rings. The van der Waals surface area contributed by atoms with Crippen molar-refractivity contribution in [1.82, 2.24) is 39.0 Å². The molecule has 0 amide bonds. The van der Waals surface area contributed by atoms with Crippen LogP contribution >= 0.6 is 46.7 Å². The van der Waals surface area contributed by atoms with E-state index in [1.165, 1.54) is 29.9 Å². The molecule has 64 heavy (non-hydrogen) atoms. The predicted octanol–water partition coefficient (Wildman–Crippen LogP) is 10.3. The highest BCUT2D eigenvalue weighted by Gasteiger charge is 2.19. The van der Waals surface area contributed by atoms with Crippen molar-refractivity contribution in [3.63, 3.8) is 0 Å².